The topological polar surface area (TPSA) is 70.1 Å². The molecule has 4 heterocycles. The summed E-state index contributed by atoms with van der Waals surface area (Å²) in [7, 11) is 0. The predicted molar refractivity (Wildman–Crippen MR) is 111 cm³/mol. The van der Waals surface area contributed by atoms with Crippen molar-refractivity contribution in [3.63, 3.8) is 0 Å². The summed E-state index contributed by atoms with van der Waals surface area (Å²) in [5.74, 6) is 1.15. The molecule has 0 bridgehead atoms. The lowest BCUT2D eigenvalue weighted by Gasteiger charge is -2.32. The van der Waals surface area contributed by atoms with Crippen LogP contribution >= 0.6 is 0 Å². The number of aryl methyl sites for hydroxylation is 2. The van der Waals surface area contributed by atoms with Crippen molar-refractivity contribution in [2.24, 2.45) is 0 Å². The summed E-state index contributed by atoms with van der Waals surface area (Å²) in [6.07, 6.45) is 7.91. The molecule has 152 valence electrons. The van der Waals surface area contributed by atoms with Crippen LogP contribution in [0, 0.1) is 6.92 Å². The van der Waals surface area contributed by atoms with Gasteiger partial charge in [0.2, 0.25) is 5.95 Å². The molecule has 0 radical (unpaired) electrons. The van der Waals surface area contributed by atoms with Crippen molar-refractivity contribution < 1.29 is 0 Å². The Morgan fingerprint density at radius 2 is 1.89 bits per heavy atom. The Bertz CT molecular complexity index is 843. The van der Waals surface area contributed by atoms with Crippen LogP contribution in [0.1, 0.15) is 61.9 Å². The first-order valence-corrected chi connectivity index (χ1v) is 10.7. The van der Waals surface area contributed by atoms with Crippen molar-refractivity contribution in [1.29, 1.82) is 0 Å². The Morgan fingerprint density at radius 3 is 2.57 bits per heavy atom. The molecule has 7 heteroatoms. The summed E-state index contributed by atoms with van der Waals surface area (Å²) in [6, 6.07) is 1.71. The van der Waals surface area contributed by atoms with Crippen molar-refractivity contribution >= 4 is 5.95 Å². The standard InChI is InChI=1S/C21H32N6O/c1-3-27-15-18(16(2)24-27)14-25-11-7-17(8-12-25)19-13-20(28)23-21(22-19)26-9-5-4-6-10-26/h13,15,17H,3-12,14H2,1-2H3,(H,22,23,28). The lowest BCUT2D eigenvalue weighted by atomic mass is 9.93. The summed E-state index contributed by atoms with van der Waals surface area (Å²) in [4.78, 5) is 24.8. The van der Waals surface area contributed by atoms with E-state index in [4.69, 9.17) is 4.98 Å². The summed E-state index contributed by atoms with van der Waals surface area (Å²) >= 11 is 0. The Morgan fingerprint density at radius 1 is 1.14 bits per heavy atom. The summed E-state index contributed by atoms with van der Waals surface area (Å²) in [5, 5.41) is 4.56. The van der Waals surface area contributed by atoms with E-state index in [2.05, 4.69) is 39.9 Å². The second-order valence-electron chi connectivity index (χ2n) is 8.19. The van der Waals surface area contributed by atoms with Gasteiger partial charge in [0.15, 0.2) is 0 Å². The second-order valence-corrected chi connectivity index (χ2v) is 8.19. The van der Waals surface area contributed by atoms with Gasteiger partial charge in [0.05, 0.1) is 11.4 Å². The van der Waals surface area contributed by atoms with Gasteiger partial charge in [-0.3, -0.25) is 19.4 Å². The van der Waals surface area contributed by atoms with Crippen LogP contribution in [-0.4, -0.2) is 50.8 Å². The zero-order valence-electron chi connectivity index (χ0n) is 17.2. The maximum Gasteiger partial charge on any atom is 0.252 e. The van der Waals surface area contributed by atoms with E-state index in [1.54, 1.807) is 6.07 Å². The monoisotopic (exact) mass is 384 g/mol. The van der Waals surface area contributed by atoms with E-state index in [0.29, 0.717) is 5.92 Å². The average Bonchev–Trinajstić information content (AvgIpc) is 3.08. The van der Waals surface area contributed by atoms with Crippen molar-refractivity contribution in [2.75, 3.05) is 31.1 Å². The van der Waals surface area contributed by atoms with Gasteiger partial charge in [-0.1, -0.05) is 0 Å². The third-order valence-electron chi connectivity index (χ3n) is 6.18. The van der Waals surface area contributed by atoms with Crippen LogP contribution in [0.15, 0.2) is 17.1 Å². The Hall–Kier alpha value is -2.15. The van der Waals surface area contributed by atoms with Gasteiger partial charge in [0.1, 0.15) is 0 Å². The van der Waals surface area contributed by atoms with Crippen molar-refractivity contribution in [1.82, 2.24) is 24.6 Å². The molecule has 2 saturated heterocycles. The molecule has 2 fully saturated rings. The number of anilines is 1. The summed E-state index contributed by atoms with van der Waals surface area (Å²) in [6.45, 7) is 10.1. The van der Waals surface area contributed by atoms with E-state index >= 15 is 0 Å². The average molecular weight is 385 g/mol. The number of aromatic nitrogens is 4. The van der Waals surface area contributed by atoms with Crippen LogP contribution in [0.5, 0.6) is 0 Å². The fourth-order valence-corrected chi connectivity index (χ4v) is 4.43. The number of nitrogens with zero attached hydrogens (tertiary/aromatic N) is 5. The van der Waals surface area contributed by atoms with Crippen molar-refractivity contribution in [3.05, 3.63) is 39.6 Å². The molecule has 0 aliphatic carbocycles. The molecule has 0 unspecified atom stereocenters. The molecular formula is C21H32N6O. The van der Waals surface area contributed by atoms with Gasteiger partial charge in [-0.25, -0.2) is 4.98 Å². The maximum absolute atomic E-state index is 12.2. The summed E-state index contributed by atoms with van der Waals surface area (Å²) in [5.41, 5.74) is 3.41. The molecule has 4 rings (SSSR count). The SMILES string of the molecule is CCn1cc(CN2CCC(c3cc(=O)[nH]c(N4CCCCC4)n3)CC2)c(C)n1. The fourth-order valence-electron chi connectivity index (χ4n) is 4.43. The molecule has 2 aliphatic rings. The lowest BCUT2D eigenvalue weighted by Crippen LogP contribution is -2.35. The molecule has 7 nitrogen and oxygen atoms in total. The first-order chi connectivity index (χ1) is 13.6. The third-order valence-corrected chi connectivity index (χ3v) is 6.18. The molecule has 0 amide bonds. The molecule has 1 N–H and O–H groups in total. The van der Waals surface area contributed by atoms with E-state index in [1.807, 2.05) is 4.68 Å². The summed E-state index contributed by atoms with van der Waals surface area (Å²) < 4.78 is 2.01. The van der Waals surface area contributed by atoms with Crippen LogP contribution < -0.4 is 10.5 Å². The van der Waals surface area contributed by atoms with Gasteiger partial charge in [-0.2, -0.15) is 5.10 Å². The number of likely N-dealkylation sites (tertiary alicyclic amines) is 1. The normalized spacial score (nSPS) is 19.3. The quantitative estimate of drug-likeness (QED) is 0.858. The molecule has 2 aromatic heterocycles. The number of nitrogens with one attached hydrogen (secondary N) is 1. The number of hydrogen-bond acceptors (Lipinski definition) is 5. The number of aromatic amines is 1. The minimum absolute atomic E-state index is 0.0180. The molecule has 28 heavy (non-hydrogen) atoms. The molecular weight excluding hydrogens is 352 g/mol. The van der Waals surface area contributed by atoms with Gasteiger partial charge in [-0.15, -0.1) is 0 Å². The van der Waals surface area contributed by atoms with Crippen LogP contribution in [-0.2, 0) is 13.1 Å². The Kier molecular flexibility index (Phi) is 5.80. The number of rotatable bonds is 5. The van der Waals surface area contributed by atoms with Gasteiger partial charge in [0.25, 0.3) is 5.56 Å². The molecule has 2 aromatic rings. The zero-order chi connectivity index (χ0) is 19.5. The molecule has 0 atom stereocenters. The highest BCUT2D eigenvalue weighted by Gasteiger charge is 2.24. The molecule has 0 spiro atoms. The fraction of sp³-hybridized carbons (Fsp3) is 0.667. The van der Waals surface area contributed by atoms with Gasteiger partial charge < -0.3 is 4.90 Å². The highest BCUT2D eigenvalue weighted by atomic mass is 16.1. The Balaban J connectivity index is 1.40. The second kappa shape index (κ2) is 8.47. The smallest absolute Gasteiger partial charge is 0.252 e. The van der Waals surface area contributed by atoms with Gasteiger partial charge in [-0.05, 0) is 59.0 Å². The molecule has 0 saturated carbocycles. The van der Waals surface area contributed by atoms with Crippen LogP contribution in [0.4, 0.5) is 5.95 Å². The predicted octanol–water partition coefficient (Wildman–Crippen LogP) is 2.66. The van der Waals surface area contributed by atoms with E-state index in [1.165, 1.54) is 24.8 Å². The Labute approximate surface area is 166 Å². The van der Waals surface area contributed by atoms with Crippen LogP contribution in [0.2, 0.25) is 0 Å². The van der Waals surface area contributed by atoms with E-state index in [0.717, 1.165) is 69.4 Å². The molecule has 0 aromatic carbocycles. The van der Waals surface area contributed by atoms with Gasteiger partial charge in [0, 0.05) is 49.9 Å². The lowest BCUT2D eigenvalue weighted by molar-refractivity contribution is 0.203. The largest absolute Gasteiger partial charge is 0.342 e. The zero-order valence-corrected chi connectivity index (χ0v) is 17.2. The van der Waals surface area contributed by atoms with Crippen molar-refractivity contribution in [2.45, 2.75) is 65.0 Å². The van der Waals surface area contributed by atoms with Crippen LogP contribution in [0.3, 0.4) is 0 Å². The van der Waals surface area contributed by atoms with Gasteiger partial charge >= 0.3 is 0 Å². The number of piperidine rings is 2. The first kappa shape index (κ1) is 19.2. The highest BCUT2D eigenvalue weighted by Crippen LogP contribution is 2.28. The number of hydrogen-bond donors (Lipinski definition) is 1. The molecule has 2 aliphatic heterocycles. The number of H-pyrrole nitrogens is 1. The minimum Gasteiger partial charge on any atom is -0.342 e. The van der Waals surface area contributed by atoms with E-state index in [9.17, 15) is 4.79 Å². The minimum atomic E-state index is -0.0180. The van der Waals surface area contributed by atoms with Crippen molar-refractivity contribution in [3.8, 4) is 0 Å². The van der Waals surface area contributed by atoms with E-state index < -0.39 is 0 Å². The maximum atomic E-state index is 12.2. The first-order valence-electron chi connectivity index (χ1n) is 10.7. The van der Waals surface area contributed by atoms with Crippen LogP contribution in [0.25, 0.3) is 0 Å². The van der Waals surface area contributed by atoms with E-state index in [-0.39, 0.29) is 5.56 Å². The third kappa shape index (κ3) is 4.29. The highest BCUT2D eigenvalue weighted by molar-refractivity contribution is 5.31.